The number of imidazole rings is 1. The van der Waals surface area contributed by atoms with Gasteiger partial charge >= 0.3 is 0 Å². The minimum absolute atomic E-state index is 0.312. The summed E-state index contributed by atoms with van der Waals surface area (Å²) < 4.78 is 1.74. The van der Waals surface area contributed by atoms with Crippen LogP contribution in [0.4, 0.5) is 5.95 Å². The molecule has 2 aromatic rings. The normalized spacial score (nSPS) is 10.9. The summed E-state index contributed by atoms with van der Waals surface area (Å²) >= 11 is 5.81. The number of rotatable bonds is 4. The average Bonchev–Trinajstić information content (AvgIpc) is 2.54. The lowest BCUT2D eigenvalue weighted by Crippen LogP contribution is -2.12. The average molecular weight is 254 g/mol. The molecule has 6 nitrogen and oxygen atoms in total. The Hall–Kier alpha value is -1.82. The van der Waals surface area contributed by atoms with Crippen LogP contribution in [0.25, 0.3) is 11.2 Å². The molecule has 2 heterocycles. The predicted octanol–water partition coefficient (Wildman–Crippen LogP) is 0.932. The van der Waals surface area contributed by atoms with Crippen molar-refractivity contribution in [3.8, 4) is 0 Å². The number of anilines is 1. The van der Waals surface area contributed by atoms with Gasteiger partial charge in [0.1, 0.15) is 5.52 Å². The van der Waals surface area contributed by atoms with Gasteiger partial charge in [0.25, 0.3) is 0 Å². The molecule has 0 saturated heterocycles. The van der Waals surface area contributed by atoms with Gasteiger partial charge in [0, 0.05) is 19.2 Å². The van der Waals surface area contributed by atoms with Crippen LogP contribution in [0, 0.1) is 0 Å². The lowest BCUT2D eigenvalue weighted by molar-refractivity contribution is -0.118. The Kier molecular flexibility index (Phi) is 3.14. The fourth-order valence-electron chi connectivity index (χ4n) is 1.64. The molecule has 0 aliphatic rings. The number of nitrogens with zero attached hydrogens (tertiary/aromatic N) is 3. The number of carbonyl (C=O) groups is 1. The van der Waals surface area contributed by atoms with Crippen molar-refractivity contribution in [2.24, 2.45) is 5.73 Å². The molecule has 4 N–H and O–H groups in total. The quantitative estimate of drug-likeness (QED) is 0.847. The molecule has 90 valence electrons. The first-order chi connectivity index (χ1) is 8.08. The van der Waals surface area contributed by atoms with Gasteiger partial charge in [-0.15, -0.1) is 0 Å². The first-order valence-electron chi connectivity index (χ1n) is 5.13. The number of aromatic nitrogens is 3. The maximum absolute atomic E-state index is 10.7. The van der Waals surface area contributed by atoms with E-state index in [0.717, 1.165) is 0 Å². The number of fused-ring (bicyclic) bond motifs is 1. The second kappa shape index (κ2) is 4.58. The van der Waals surface area contributed by atoms with E-state index in [1.165, 1.54) is 6.20 Å². The van der Waals surface area contributed by atoms with Crippen molar-refractivity contribution in [3.63, 3.8) is 0 Å². The minimum Gasteiger partial charge on any atom is -0.370 e. The number of aryl methyl sites for hydroxylation is 1. The van der Waals surface area contributed by atoms with Crippen LogP contribution in [-0.2, 0) is 11.3 Å². The van der Waals surface area contributed by atoms with Gasteiger partial charge in [0.05, 0.1) is 5.02 Å². The van der Waals surface area contributed by atoms with Gasteiger partial charge in [-0.25, -0.2) is 9.97 Å². The van der Waals surface area contributed by atoms with E-state index in [1.807, 2.05) is 0 Å². The van der Waals surface area contributed by atoms with Crippen LogP contribution in [0.5, 0.6) is 0 Å². The Labute approximate surface area is 103 Å². The number of nitrogens with two attached hydrogens (primary N) is 2. The highest BCUT2D eigenvalue weighted by Crippen LogP contribution is 2.19. The van der Waals surface area contributed by atoms with Gasteiger partial charge in [-0.2, -0.15) is 0 Å². The van der Waals surface area contributed by atoms with E-state index in [0.29, 0.717) is 41.5 Å². The Morgan fingerprint density at radius 1 is 1.53 bits per heavy atom. The molecular weight excluding hydrogens is 242 g/mol. The molecule has 0 saturated carbocycles. The molecule has 7 heteroatoms. The van der Waals surface area contributed by atoms with Crippen molar-refractivity contribution in [2.45, 2.75) is 19.4 Å². The summed E-state index contributed by atoms with van der Waals surface area (Å²) in [4.78, 5) is 19.0. The zero-order valence-corrected chi connectivity index (χ0v) is 9.81. The second-order valence-electron chi connectivity index (χ2n) is 3.69. The van der Waals surface area contributed by atoms with E-state index in [4.69, 9.17) is 23.1 Å². The highest BCUT2D eigenvalue weighted by atomic mass is 35.5. The van der Waals surface area contributed by atoms with Gasteiger partial charge in [0.15, 0.2) is 5.65 Å². The monoisotopic (exact) mass is 253 g/mol. The lowest BCUT2D eigenvalue weighted by atomic mass is 10.3. The Bertz CT molecular complexity index is 565. The molecule has 2 aromatic heterocycles. The molecule has 0 aromatic carbocycles. The van der Waals surface area contributed by atoms with Gasteiger partial charge in [-0.1, -0.05) is 11.6 Å². The number of primary amides is 1. The molecule has 0 unspecified atom stereocenters. The minimum atomic E-state index is -0.330. The first-order valence-corrected chi connectivity index (χ1v) is 5.51. The number of hydrogen-bond acceptors (Lipinski definition) is 4. The van der Waals surface area contributed by atoms with Gasteiger partial charge < -0.3 is 11.5 Å². The highest BCUT2D eigenvalue weighted by Gasteiger charge is 2.09. The van der Waals surface area contributed by atoms with E-state index in [9.17, 15) is 4.79 Å². The highest BCUT2D eigenvalue weighted by molar-refractivity contribution is 6.31. The fraction of sp³-hybridized carbons (Fsp3) is 0.300. The van der Waals surface area contributed by atoms with Crippen LogP contribution in [0.3, 0.4) is 0 Å². The summed E-state index contributed by atoms with van der Waals surface area (Å²) in [5.41, 5.74) is 12.2. The van der Waals surface area contributed by atoms with Crippen LogP contribution >= 0.6 is 11.6 Å². The van der Waals surface area contributed by atoms with Crippen LogP contribution in [0.1, 0.15) is 12.8 Å². The van der Waals surface area contributed by atoms with Crippen LogP contribution < -0.4 is 11.5 Å². The summed E-state index contributed by atoms with van der Waals surface area (Å²) in [5.74, 6) is 0.0308. The second-order valence-corrected chi connectivity index (χ2v) is 4.12. The van der Waals surface area contributed by atoms with E-state index < -0.39 is 0 Å². The predicted molar refractivity (Wildman–Crippen MR) is 65.4 cm³/mol. The van der Waals surface area contributed by atoms with Crippen molar-refractivity contribution >= 4 is 34.6 Å². The molecule has 0 spiro atoms. The molecule has 0 bridgehead atoms. The van der Waals surface area contributed by atoms with Gasteiger partial charge in [-0.05, 0) is 12.5 Å². The Morgan fingerprint density at radius 3 is 3.00 bits per heavy atom. The largest absolute Gasteiger partial charge is 0.370 e. The summed E-state index contributed by atoms with van der Waals surface area (Å²) in [6.07, 6.45) is 2.46. The topological polar surface area (TPSA) is 99.8 Å². The number of nitrogen functional groups attached to an aromatic ring is 1. The van der Waals surface area contributed by atoms with E-state index >= 15 is 0 Å². The molecule has 2 rings (SSSR count). The molecule has 0 aliphatic heterocycles. The van der Waals surface area contributed by atoms with E-state index in [2.05, 4.69) is 9.97 Å². The number of halogens is 1. The van der Waals surface area contributed by atoms with Crippen LogP contribution in [0.15, 0.2) is 12.3 Å². The molecule has 17 heavy (non-hydrogen) atoms. The van der Waals surface area contributed by atoms with Crippen molar-refractivity contribution in [3.05, 3.63) is 17.3 Å². The zero-order chi connectivity index (χ0) is 12.4. The van der Waals surface area contributed by atoms with Crippen LogP contribution in [-0.4, -0.2) is 20.4 Å². The number of pyridine rings is 1. The summed E-state index contributed by atoms with van der Waals surface area (Å²) in [7, 11) is 0. The molecule has 1 amide bonds. The third kappa shape index (κ3) is 2.47. The summed E-state index contributed by atoms with van der Waals surface area (Å²) in [6.45, 7) is 0.555. The smallest absolute Gasteiger partial charge is 0.217 e. The van der Waals surface area contributed by atoms with Crippen molar-refractivity contribution in [1.82, 2.24) is 14.5 Å². The maximum Gasteiger partial charge on any atom is 0.217 e. The zero-order valence-electron chi connectivity index (χ0n) is 9.06. The number of carbonyl (C=O) groups excluding carboxylic acids is 1. The van der Waals surface area contributed by atoms with Crippen LogP contribution in [0.2, 0.25) is 5.02 Å². The van der Waals surface area contributed by atoms with Crippen molar-refractivity contribution in [2.75, 3.05) is 5.73 Å². The third-order valence-corrected chi connectivity index (χ3v) is 2.59. The first kappa shape index (κ1) is 11.7. The fourth-order valence-corrected chi connectivity index (χ4v) is 1.79. The summed E-state index contributed by atoms with van der Waals surface area (Å²) in [6, 6.07) is 1.70. The maximum atomic E-state index is 10.7. The van der Waals surface area contributed by atoms with Gasteiger partial charge in [0.2, 0.25) is 11.9 Å². The van der Waals surface area contributed by atoms with Crippen molar-refractivity contribution < 1.29 is 4.79 Å². The molecular formula is C10H12ClN5O. The number of hydrogen-bond donors (Lipinski definition) is 2. The SMILES string of the molecule is NC(=O)CCCn1c(N)nc2cc(Cl)cnc21. The molecule has 0 aliphatic carbocycles. The molecule has 0 radical (unpaired) electrons. The third-order valence-electron chi connectivity index (χ3n) is 2.39. The Balaban J connectivity index is 2.27. The number of amides is 1. The van der Waals surface area contributed by atoms with Crippen molar-refractivity contribution in [1.29, 1.82) is 0 Å². The van der Waals surface area contributed by atoms with Gasteiger partial charge in [-0.3, -0.25) is 9.36 Å². The molecule has 0 atom stereocenters. The Morgan fingerprint density at radius 2 is 2.29 bits per heavy atom. The summed E-state index contributed by atoms with van der Waals surface area (Å²) in [5, 5.41) is 0.513. The van der Waals surface area contributed by atoms with E-state index in [1.54, 1.807) is 10.6 Å². The standard InChI is InChI=1S/C10H12ClN5O/c11-6-4-7-9(14-5-6)16(10(13)15-7)3-1-2-8(12)17/h4-5H,1-3H2,(H2,12,17)(H2,13,15). The van der Waals surface area contributed by atoms with E-state index in [-0.39, 0.29) is 5.91 Å². The lowest BCUT2D eigenvalue weighted by Gasteiger charge is -2.04. The molecule has 0 fully saturated rings.